The van der Waals surface area contributed by atoms with Crippen LogP contribution in [-0.4, -0.2) is 16.0 Å². The third-order valence-corrected chi connectivity index (χ3v) is 5.30. The molecule has 0 aliphatic heterocycles. The zero-order valence-corrected chi connectivity index (χ0v) is 14.5. The van der Waals surface area contributed by atoms with E-state index in [1.807, 2.05) is 42.5 Å². The number of carbonyl (C=O) groups excluding carboxylic acids is 1. The molecule has 2 aromatic carbocycles. The Morgan fingerprint density at radius 2 is 1.69 bits per heavy atom. The van der Waals surface area contributed by atoms with Crippen LogP contribution in [0.15, 0.2) is 60.7 Å². The Balaban J connectivity index is 2.09. The molecule has 5 N–H and O–H groups in total. The molecule has 0 atom stereocenters. The van der Waals surface area contributed by atoms with Gasteiger partial charge in [-0.05, 0) is 29.3 Å². The molecular weight excluding hydrogens is 346 g/mol. The van der Waals surface area contributed by atoms with Crippen molar-refractivity contribution >= 4 is 33.1 Å². The molecule has 0 unspecified atom stereocenters. The van der Waals surface area contributed by atoms with Crippen molar-refractivity contribution in [1.82, 2.24) is 4.98 Å². The molecular formula is C20H15N3O2S. The lowest BCUT2D eigenvalue weighted by Crippen LogP contribution is -2.10. The summed E-state index contributed by atoms with van der Waals surface area (Å²) in [7, 11) is 0. The summed E-state index contributed by atoms with van der Waals surface area (Å²) in [5.74, 6) is -0.438. The summed E-state index contributed by atoms with van der Waals surface area (Å²) in [4.78, 5) is 17.3. The number of para-hydroxylation sites is 1. The first-order chi connectivity index (χ1) is 12.6. The lowest BCUT2D eigenvalue weighted by molar-refractivity contribution is 0.100. The first-order valence-electron chi connectivity index (χ1n) is 7.93. The average Bonchev–Trinajstić information content (AvgIpc) is 2.99. The van der Waals surface area contributed by atoms with Gasteiger partial charge in [0.25, 0.3) is 5.91 Å². The van der Waals surface area contributed by atoms with Crippen LogP contribution in [-0.2, 0) is 0 Å². The normalized spacial score (nSPS) is 10.9. The molecule has 0 fully saturated rings. The van der Waals surface area contributed by atoms with Gasteiger partial charge in [0, 0.05) is 10.9 Å². The number of hydrogen-bond acceptors (Lipinski definition) is 5. The predicted molar refractivity (Wildman–Crippen MR) is 105 cm³/mol. The average molecular weight is 361 g/mol. The minimum Gasteiger partial charge on any atom is -0.507 e. The maximum atomic E-state index is 11.7. The smallest absolute Gasteiger partial charge is 0.260 e. The fraction of sp³-hybridized carbons (Fsp3) is 0. The highest BCUT2D eigenvalue weighted by Gasteiger charge is 2.20. The van der Waals surface area contributed by atoms with Gasteiger partial charge in [0.05, 0.1) is 11.4 Å². The Morgan fingerprint density at radius 1 is 1.00 bits per heavy atom. The maximum absolute atomic E-state index is 11.7. The summed E-state index contributed by atoms with van der Waals surface area (Å²) < 4.78 is 0. The number of nitrogens with two attached hydrogens (primary N) is 2. The largest absolute Gasteiger partial charge is 0.507 e. The van der Waals surface area contributed by atoms with Gasteiger partial charge in [-0.2, -0.15) is 0 Å². The van der Waals surface area contributed by atoms with Crippen LogP contribution in [0.4, 0.5) is 5.69 Å². The molecule has 0 spiro atoms. The third-order valence-electron chi connectivity index (χ3n) is 4.19. The van der Waals surface area contributed by atoms with Gasteiger partial charge in [-0.25, -0.2) is 4.98 Å². The number of benzene rings is 2. The lowest BCUT2D eigenvalue weighted by Gasteiger charge is -2.09. The molecule has 4 aromatic rings. The van der Waals surface area contributed by atoms with Crippen molar-refractivity contribution in [2.24, 2.45) is 5.73 Å². The van der Waals surface area contributed by atoms with Crippen molar-refractivity contribution in [1.29, 1.82) is 0 Å². The number of aromatic nitrogens is 1. The Morgan fingerprint density at radius 3 is 2.38 bits per heavy atom. The number of carbonyl (C=O) groups is 1. The topological polar surface area (TPSA) is 102 Å². The SMILES string of the molecule is NC(=O)c1sc2nc(-c3ccccc3O)cc(-c3ccccc3)c2c1N. The number of phenolic OH excluding ortho intramolecular Hbond substituents is 1. The summed E-state index contributed by atoms with van der Waals surface area (Å²) in [5.41, 5.74) is 15.0. The van der Waals surface area contributed by atoms with Gasteiger partial charge in [-0.1, -0.05) is 42.5 Å². The minimum atomic E-state index is -0.575. The number of thiophene rings is 1. The Kier molecular flexibility index (Phi) is 3.82. The molecule has 2 aromatic heterocycles. The number of hydrogen-bond donors (Lipinski definition) is 3. The second-order valence-corrected chi connectivity index (χ2v) is 6.83. The van der Waals surface area contributed by atoms with Gasteiger partial charge in [0.2, 0.25) is 0 Å². The van der Waals surface area contributed by atoms with Crippen molar-refractivity contribution < 1.29 is 9.90 Å². The maximum Gasteiger partial charge on any atom is 0.260 e. The van der Waals surface area contributed by atoms with Crippen LogP contribution in [0.2, 0.25) is 0 Å². The quantitative estimate of drug-likeness (QED) is 0.513. The molecule has 1 amide bonds. The number of primary amides is 1. The molecule has 2 heterocycles. The number of rotatable bonds is 3. The van der Waals surface area contributed by atoms with E-state index in [2.05, 4.69) is 4.98 Å². The van der Waals surface area contributed by atoms with Crippen LogP contribution in [0.1, 0.15) is 9.67 Å². The highest BCUT2D eigenvalue weighted by Crippen LogP contribution is 2.42. The van der Waals surface area contributed by atoms with Gasteiger partial charge in [0.1, 0.15) is 15.5 Å². The van der Waals surface area contributed by atoms with Crippen molar-refractivity contribution in [2.45, 2.75) is 0 Å². The number of amides is 1. The van der Waals surface area contributed by atoms with Gasteiger partial charge in [-0.15, -0.1) is 11.3 Å². The first-order valence-corrected chi connectivity index (χ1v) is 8.74. The van der Waals surface area contributed by atoms with Crippen LogP contribution >= 0.6 is 11.3 Å². The molecule has 0 bridgehead atoms. The van der Waals surface area contributed by atoms with E-state index in [1.54, 1.807) is 18.2 Å². The summed E-state index contributed by atoms with van der Waals surface area (Å²) in [5, 5.41) is 10.9. The van der Waals surface area contributed by atoms with Gasteiger partial charge >= 0.3 is 0 Å². The molecule has 5 nitrogen and oxygen atoms in total. The van der Waals surface area contributed by atoms with Gasteiger partial charge in [0.15, 0.2) is 0 Å². The highest BCUT2D eigenvalue weighted by atomic mass is 32.1. The predicted octanol–water partition coefficient (Wildman–Crippen LogP) is 4.02. The van der Waals surface area contributed by atoms with E-state index in [4.69, 9.17) is 11.5 Å². The van der Waals surface area contributed by atoms with E-state index in [0.717, 1.165) is 22.5 Å². The molecule has 128 valence electrons. The highest BCUT2D eigenvalue weighted by molar-refractivity contribution is 7.21. The number of aromatic hydroxyl groups is 1. The Hall–Kier alpha value is -3.38. The number of phenols is 1. The molecule has 0 aliphatic rings. The summed E-state index contributed by atoms with van der Waals surface area (Å²) in [6.07, 6.45) is 0. The number of nitrogens with zero attached hydrogens (tertiary/aromatic N) is 1. The van der Waals surface area contributed by atoms with Gasteiger partial charge < -0.3 is 16.6 Å². The molecule has 26 heavy (non-hydrogen) atoms. The van der Waals surface area contributed by atoms with E-state index < -0.39 is 5.91 Å². The summed E-state index contributed by atoms with van der Waals surface area (Å²) >= 11 is 1.16. The zero-order chi connectivity index (χ0) is 18.3. The monoisotopic (exact) mass is 361 g/mol. The number of nitrogen functional groups attached to an aromatic ring is 1. The summed E-state index contributed by atoms with van der Waals surface area (Å²) in [6.45, 7) is 0. The number of anilines is 1. The van der Waals surface area contributed by atoms with Crippen LogP contribution in [0.3, 0.4) is 0 Å². The Bertz CT molecular complexity index is 1140. The standard InChI is InChI=1S/C20H15N3O2S/c21-17-16-13(11-6-2-1-3-7-11)10-14(12-8-4-5-9-15(12)24)23-20(16)26-18(17)19(22)25/h1-10,24H,21H2,(H2,22,25). The van der Waals surface area contributed by atoms with Crippen LogP contribution in [0, 0.1) is 0 Å². The first kappa shape index (κ1) is 16.1. The van der Waals surface area contributed by atoms with Crippen molar-refractivity contribution in [3.05, 3.63) is 65.5 Å². The van der Waals surface area contributed by atoms with Crippen LogP contribution < -0.4 is 11.5 Å². The van der Waals surface area contributed by atoms with E-state index >= 15 is 0 Å². The van der Waals surface area contributed by atoms with E-state index in [-0.39, 0.29) is 5.75 Å². The molecule has 0 aliphatic carbocycles. The summed E-state index contributed by atoms with van der Waals surface area (Å²) in [6, 6.07) is 18.6. The molecule has 0 saturated heterocycles. The second-order valence-electron chi connectivity index (χ2n) is 5.83. The van der Waals surface area contributed by atoms with E-state index in [0.29, 0.717) is 32.0 Å². The lowest BCUT2D eigenvalue weighted by atomic mass is 9.99. The molecule has 6 heteroatoms. The third kappa shape index (κ3) is 2.57. The zero-order valence-electron chi connectivity index (χ0n) is 13.6. The number of pyridine rings is 1. The fourth-order valence-corrected chi connectivity index (χ4v) is 3.95. The van der Waals surface area contributed by atoms with Crippen molar-refractivity contribution in [2.75, 3.05) is 5.73 Å². The number of fused-ring (bicyclic) bond motifs is 1. The van der Waals surface area contributed by atoms with E-state index in [9.17, 15) is 9.90 Å². The van der Waals surface area contributed by atoms with Crippen molar-refractivity contribution in [3.8, 4) is 28.1 Å². The molecule has 0 radical (unpaired) electrons. The van der Waals surface area contributed by atoms with Gasteiger partial charge in [-0.3, -0.25) is 4.79 Å². The molecule has 4 rings (SSSR count). The molecule has 0 saturated carbocycles. The van der Waals surface area contributed by atoms with Crippen LogP contribution in [0.25, 0.3) is 32.6 Å². The second kappa shape index (κ2) is 6.16. The van der Waals surface area contributed by atoms with E-state index in [1.165, 1.54) is 0 Å². The minimum absolute atomic E-state index is 0.137. The van der Waals surface area contributed by atoms with Crippen molar-refractivity contribution in [3.63, 3.8) is 0 Å². The Labute approximate surface area is 153 Å². The van der Waals surface area contributed by atoms with Crippen LogP contribution in [0.5, 0.6) is 5.75 Å². The fourth-order valence-electron chi connectivity index (χ4n) is 2.98.